The van der Waals surface area contributed by atoms with E-state index in [2.05, 4.69) is 24.7 Å². The van der Waals surface area contributed by atoms with E-state index in [9.17, 15) is 14.7 Å². The number of rotatable bonds is 7. The predicted molar refractivity (Wildman–Crippen MR) is 93.3 cm³/mol. The summed E-state index contributed by atoms with van der Waals surface area (Å²) in [5, 5.41) is 10.7. The molecule has 128 valence electrons. The average Bonchev–Trinajstić information content (AvgIpc) is 2.50. The standard InChI is InChI=1S/C15H22ClN3O3S/c1-9(2)23-7-6-12(17)13(20)15(22)19-18-14(21)10-4-3-5-11(16)8-10/h3-5,8-9,12-13,20H,6-7,17H2,1-2H3,(H,18,21)(H,19,22)/t12-,13-/m0/s1. The van der Waals surface area contributed by atoms with Gasteiger partial charge in [-0.3, -0.25) is 20.4 Å². The number of hydrogen-bond donors (Lipinski definition) is 4. The Morgan fingerprint density at radius 1 is 1.35 bits per heavy atom. The molecule has 2 atom stereocenters. The van der Waals surface area contributed by atoms with Crippen molar-refractivity contribution in [2.45, 2.75) is 37.7 Å². The van der Waals surface area contributed by atoms with Crippen LogP contribution in [0.5, 0.6) is 0 Å². The van der Waals surface area contributed by atoms with Crippen LogP contribution in [0.2, 0.25) is 5.02 Å². The fourth-order valence-corrected chi connectivity index (χ4v) is 2.76. The summed E-state index contributed by atoms with van der Waals surface area (Å²) >= 11 is 7.49. The highest BCUT2D eigenvalue weighted by atomic mass is 35.5. The number of hydrazine groups is 1. The molecule has 6 nitrogen and oxygen atoms in total. The lowest BCUT2D eigenvalue weighted by atomic mass is 10.1. The molecule has 0 saturated heterocycles. The molecule has 23 heavy (non-hydrogen) atoms. The molecule has 1 aromatic rings. The number of benzene rings is 1. The third-order valence-corrected chi connectivity index (χ3v) is 4.34. The Labute approximate surface area is 145 Å². The highest BCUT2D eigenvalue weighted by Crippen LogP contribution is 2.12. The largest absolute Gasteiger partial charge is 0.382 e. The molecule has 0 fully saturated rings. The number of halogens is 1. The molecule has 0 aliphatic heterocycles. The summed E-state index contributed by atoms with van der Waals surface area (Å²) in [4.78, 5) is 23.6. The molecular formula is C15H22ClN3O3S. The van der Waals surface area contributed by atoms with Gasteiger partial charge in [0, 0.05) is 16.6 Å². The topological polar surface area (TPSA) is 104 Å². The highest BCUT2D eigenvalue weighted by Gasteiger charge is 2.23. The van der Waals surface area contributed by atoms with Crippen LogP contribution in [0.4, 0.5) is 0 Å². The number of amides is 2. The molecule has 0 saturated carbocycles. The Morgan fingerprint density at radius 2 is 2.04 bits per heavy atom. The molecule has 1 rings (SSSR count). The van der Waals surface area contributed by atoms with Gasteiger partial charge < -0.3 is 10.8 Å². The molecule has 0 unspecified atom stereocenters. The van der Waals surface area contributed by atoms with Gasteiger partial charge in [-0.2, -0.15) is 11.8 Å². The van der Waals surface area contributed by atoms with Crippen LogP contribution in [0, 0.1) is 0 Å². The number of nitrogens with two attached hydrogens (primary N) is 1. The summed E-state index contributed by atoms with van der Waals surface area (Å²) in [5.74, 6) is -0.530. The van der Waals surface area contributed by atoms with E-state index < -0.39 is 24.0 Å². The van der Waals surface area contributed by atoms with Crippen molar-refractivity contribution in [1.29, 1.82) is 0 Å². The van der Waals surface area contributed by atoms with E-state index >= 15 is 0 Å². The number of aliphatic hydroxyl groups is 1. The molecule has 0 radical (unpaired) electrons. The SMILES string of the molecule is CC(C)SCC[C@H](N)[C@H](O)C(=O)NNC(=O)c1cccc(Cl)c1. The van der Waals surface area contributed by atoms with Crippen LogP contribution in [0.1, 0.15) is 30.6 Å². The minimum Gasteiger partial charge on any atom is -0.382 e. The first-order valence-corrected chi connectivity index (χ1v) is 8.65. The lowest BCUT2D eigenvalue weighted by Crippen LogP contribution is -2.52. The van der Waals surface area contributed by atoms with Gasteiger partial charge in [-0.05, 0) is 35.6 Å². The zero-order valence-electron chi connectivity index (χ0n) is 13.1. The zero-order valence-corrected chi connectivity index (χ0v) is 14.7. The van der Waals surface area contributed by atoms with Crippen LogP contribution in [0.25, 0.3) is 0 Å². The smallest absolute Gasteiger partial charge is 0.269 e. The summed E-state index contributed by atoms with van der Waals surface area (Å²) in [5.41, 5.74) is 10.5. The van der Waals surface area contributed by atoms with E-state index in [1.54, 1.807) is 30.0 Å². The normalized spacial score (nSPS) is 13.5. The van der Waals surface area contributed by atoms with Crippen LogP contribution in [-0.2, 0) is 4.79 Å². The highest BCUT2D eigenvalue weighted by molar-refractivity contribution is 7.99. The molecule has 0 aromatic heterocycles. The van der Waals surface area contributed by atoms with Crippen molar-refractivity contribution in [3.8, 4) is 0 Å². The van der Waals surface area contributed by atoms with Gasteiger partial charge >= 0.3 is 0 Å². The quantitative estimate of drug-likeness (QED) is 0.550. The third kappa shape index (κ3) is 7.22. The number of aliphatic hydroxyl groups excluding tert-OH is 1. The van der Waals surface area contributed by atoms with Crippen LogP contribution in [-0.4, -0.2) is 40.1 Å². The van der Waals surface area contributed by atoms with Crippen molar-refractivity contribution in [3.63, 3.8) is 0 Å². The van der Waals surface area contributed by atoms with Crippen molar-refractivity contribution < 1.29 is 14.7 Å². The van der Waals surface area contributed by atoms with Gasteiger partial charge in [0.15, 0.2) is 0 Å². The summed E-state index contributed by atoms with van der Waals surface area (Å²) in [6.07, 6.45) is -0.887. The maximum absolute atomic E-state index is 11.8. The van der Waals surface area contributed by atoms with E-state index in [1.165, 1.54) is 6.07 Å². The van der Waals surface area contributed by atoms with Crippen LogP contribution >= 0.6 is 23.4 Å². The van der Waals surface area contributed by atoms with Crippen LogP contribution in [0.3, 0.4) is 0 Å². The number of hydrogen-bond acceptors (Lipinski definition) is 5. The van der Waals surface area contributed by atoms with Gasteiger partial charge in [0.05, 0.1) is 0 Å². The van der Waals surface area contributed by atoms with E-state index in [0.717, 1.165) is 5.75 Å². The van der Waals surface area contributed by atoms with Gasteiger partial charge in [-0.15, -0.1) is 0 Å². The Balaban J connectivity index is 2.41. The third-order valence-electron chi connectivity index (χ3n) is 2.96. The molecule has 8 heteroatoms. The molecule has 0 aliphatic carbocycles. The first kappa shape index (κ1) is 19.8. The van der Waals surface area contributed by atoms with Crippen LogP contribution < -0.4 is 16.6 Å². The molecule has 0 heterocycles. The summed E-state index contributed by atoms with van der Waals surface area (Å²) in [7, 11) is 0. The van der Waals surface area contributed by atoms with Crippen molar-refractivity contribution in [3.05, 3.63) is 34.9 Å². The number of carbonyl (C=O) groups is 2. The van der Waals surface area contributed by atoms with Crippen molar-refractivity contribution in [2.24, 2.45) is 5.73 Å². The summed E-state index contributed by atoms with van der Waals surface area (Å²) in [6, 6.07) is 5.59. The second-order valence-corrected chi connectivity index (χ2v) is 7.39. The number of thioether (sulfide) groups is 1. The fourth-order valence-electron chi connectivity index (χ4n) is 1.69. The molecule has 2 amide bonds. The molecule has 0 bridgehead atoms. The Bertz CT molecular complexity index is 542. The minimum atomic E-state index is -1.39. The summed E-state index contributed by atoms with van der Waals surface area (Å²) in [6.45, 7) is 4.12. The molecular weight excluding hydrogens is 338 g/mol. The maximum Gasteiger partial charge on any atom is 0.269 e. The molecule has 5 N–H and O–H groups in total. The zero-order chi connectivity index (χ0) is 17.4. The lowest BCUT2D eigenvalue weighted by Gasteiger charge is -2.18. The average molecular weight is 360 g/mol. The Morgan fingerprint density at radius 3 is 2.65 bits per heavy atom. The molecule has 1 aromatic carbocycles. The van der Waals surface area contributed by atoms with Crippen molar-refractivity contribution in [2.75, 3.05) is 5.75 Å². The Hall–Kier alpha value is -1.28. The van der Waals surface area contributed by atoms with E-state index in [0.29, 0.717) is 22.3 Å². The molecule has 0 aliphatic rings. The second-order valence-electron chi connectivity index (χ2n) is 5.27. The van der Waals surface area contributed by atoms with E-state index in [4.69, 9.17) is 17.3 Å². The van der Waals surface area contributed by atoms with Crippen LogP contribution in [0.15, 0.2) is 24.3 Å². The van der Waals surface area contributed by atoms with Gasteiger partial charge in [0.2, 0.25) is 0 Å². The second kappa shape index (κ2) is 9.77. The predicted octanol–water partition coefficient (Wildman–Crippen LogP) is 1.32. The van der Waals surface area contributed by atoms with Crippen molar-refractivity contribution in [1.82, 2.24) is 10.9 Å². The monoisotopic (exact) mass is 359 g/mol. The Kier molecular flexibility index (Phi) is 8.40. The maximum atomic E-state index is 11.8. The first-order chi connectivity index (χ1) is 10.8. The van der Waals surface area contributed by atoms with Gasteiger partial charge in [0.1, 0.15) is 6.10 Å². The van der Waals surface area contributed by atoms with E-state index in [1.807, 2.05) is 0 Å². The van der Waals surface area contributed by atoms with Crippen molar-refractivity contribution >= 4 is 35.2 Å². The fraction of sp³-hybridized carbons (Fsp3) is 0.467. The minimum absolute atomic E-state index is 0.296. The summed E-state index contributed by atoms with van der Waals surface area (Å²) < 4.78 is 0. The van der Waals surface area contributed by atoms with Gasteiger partial charge in [-0.25, -0.2) is 0 Å². The molecule has 0 spiro atoms. The van der Waals surface area contributed by atoms with Gasteiger partial charge in [0.25, 0.3) is 11.8 Å². The number of carbonyl (C=O) groups excluding carboxylic acids is 2. The number of nitrogens with one attached hydrogen (secondary N) is 2. The first-order valence-electron chi connectivity index (χ1n) is 7.22. The lowest BCUT2D eigenvalue weighted by molar-refractivity contribution is -0.131. The van der Waals surface area contributed by atoms with Gasteiger partial charge in [-0.1, -0.05) is 31.5 Å². The van der Waals surface area contributed by atoms with E-state index in [-0.39, 0.29) is 0 Å².